The molecule has 1 atom stereocenters. The van der Waals surface area contributed by atoms with Gasteiger partial charge in [-0.3, -0.25) is 4.79 Å². The predicted octanol–water partition coefficient (Wildman–Crippen LogP) is -0.469. The Morgan fingerprint density at radius 2 is 1.83 bits per heavy atom. The fourth-order valence-corrected chi connectivity index (χ4v) is 0.570. The fourth-order valence-electron chi connectivity index (χ4n) is 0.570. The van der Waals surface area contributed by atoms with Gasteiger partial charge in [0.25, 0.3) is 0 Å². The van der Waals surface area contributed by atoms with Crippen LogP contribution in [0.15, 0.2) is 0 Å². The third-order valence-corrected chi connectivity index (χ3v) is 1.15. The molecule has 0 aliphatic rings. The summed E-state index contributed by atoms with van der Waals surface area (Å²) in [7, 11) is 0. The van der Waals surface area contributed by atoms with Gasteiger partial charge in [0.15, 0.2) is 6.10 Å². The van der Waals surface area contributed by atoms with Crippen molar-refractivity contribution in [1.82, 2.24) is 0 Å². The Labute approximate surface area is 102 Å². The summed E-state index contributed by atoms with van der Waals surface area (Å²) in [6.07, 6.45) is -1.37. The zero-order valence-corrected chi connectivity index (χ0v) is 8.77. The first kappa shape index (κ1) is 14.7. The molecule has 68 valence electrons. The molecule has 3 N–H and O–H groups in total. The van der Waals surface area contributed by atoms with Crippen molar-refractivity contribution in [3.63, 3.8) is 0 Å². The largest absolute Gasteiger partial charge is 2.00 e. The van der Waals surface area contributed by atoms with Gasteiger partial charge in [-0.15, -0.1) is 0 Å². The molecule has 0 amide bonds. The molecule has 0 aliphatic heterocycles. The van der Waals surface area contributed by atoms with Gasteiger partial charge >= 0.3 is 49.7 Å². The second-order valence-electron chi connectivity index (χ2n) is 2.14. The summed E-state index contributed by atoms with van der Waals surface area (Å²) in [6.45, 7) is 0. The Bertz CT molecular complexity index is 166. The van der Waals surface area contributed by atoms with E-state index in [-0.39, 0.29) is 59.9 Å². The van der Waals surface area contributed by atoms with E-state index in [2.05, 4.69) is 0 Å². The van der Waals surface area contributed by atoms with Gasteiger partial charge in [-0.2, -0.15) is 0 Å². The Hall–Kier alpha value is 0.160. The van der Waals surface area contributed by atoms with Crippen molar-refractivity contribution < 1.29 is 27.8 Å². The Morgan fingerprint density at radius 1 is 1.33 bits per heavy atom. The van der Waals surface area contributed by atoms with E-state index < -0.39 is 18.0 Å². The number of aliphatic carboxylic acids is 2. The van der Waals surface area contributed by atoms with Gasteiger partial charge in [0.2, 0.25) is 0 Å². The molecule has 0 saturated carbocycles. The quantitative estimate of drug-likeness (QED) is 0.526. The van der Waals surface area contributed by atoms with Gasteiger partial charge in [0.05, 0.1) is 0 Å². The van der Waals surface area contributed by atoms with Crippen molar-refractivity contribution in [2.45, 2.75) is 25.4 Å². The standard InChI is InChI=1S/C6H10O5.Ca.2H/c7-4(6(10)11)2-1-3-5(8)9;;;/h4,7H,1-3H2,(H,8,9)(H,10,11);;;/q;+2;2*-1. The van der Waals surface area contributed by atoms with Crippen molar-refractivity contribution in [2.75, 3.05) is 0 Å². The van der Waals surface area contributed by atoms with Crippen molar-refractivity contribution in [1.29, 1.82) is 0 Å². The number of aliphatic hydroxyl groups is 1. The summed E-state index contributed by atoms with van der Waals surface area (Å²) in [4.78, 5) is 19.9. The van der Waals surface area contributed by atoms with E-state index in [4.69, 9.17) is 15.3 Å². The van der Waals surface area contributed by atoms with Crippen molar-refractivity contribution >= 4 is 49.7 Å². The Kier molecular flexibility index (Phi) is 9.52. The number of carboxylic acids is 2. The van der Waals surface area contributed by atoms with Crippen LogP contribution < -0.4 is 0 Å². The first-order chi connectivity index (χ1) is 5.04. The van der Waals surface area contributed by atoms with Crippen LogP contribution in [0.5, 0.6) is 0 Å². The summed E-state index contributed by atoms with van der Waals surface area (Å²) in [5, 5.41) is 24.9. The molecule has 12 heavy (non-hydrogen) atoms. The molecule has 0 radical (unpaired) electrons. The van der Waals surface area contributed by atoms with E-state index in [0.717, 1.165) is 0 Å². The van der Waals surface area contributed by atoms with Crippen LogP contribution in [-0.2, 0) is 9.59 Å². The van der Waals surface area contributed by atoms with Gasteiger partial charge in [-0.25, -0.2) is 4.79 Å². The van der Waals surface area contributed by atoms with Crippen molar-refractivity contribution in [2.24, 2.45) is 0 Å². The summed E-state index contributed by atoms with van der Waals surface area (Å²) in [5.41, 5.74) is 0. The fraction of sp³-hybridized carbons (Fsp3) is 0.667. The maximum Gasteiger partial charge on any atom is 2.00 e. The van der Waals surface area contributed by atoms with E-state index in [9.17, 15) is 9.59 Å². The summed E-state index contributed by atoms with van der Waals surface area (Å²) in [5.74, 6) is -2.29. The molecule has 0 aliphatic carbocycles. The number of rotatable bonds is 5. The Balaban J connectivity index is -0.000000167. The van der Waals surface area contributed by atoms with Crippen LogP contribution in [0.3, 0.4) is 0 Å². The van der Waals surface area contributed by atoms with Crippen LogP contribution in [0.1, 0.15) is 22.1 Å². The Morgan fingerprint density at radius 3 is 2.17 bits per heavy atom. The van der Waals surface area contributed by atoms with Gasteiger partial charge < -0.3 is 18.2 Å². The predicted molar refractivity (Wildman–Crippen MR) is 43.1 cm³/mol. The molecule has 0 spiro atoms. The number of carbonyl (C=O) groups is 2. The third-order valence-electron chi connectivity index (χ3n) is 1.15. The molecule has 6 heteroatoms. The summed E-state index contributed by atoms with van der Waals surface area (Å²) >= 11 is 0. The normalized spacial score (nSPS) is 11.4. The van der Waals surface area contributed by atoms with Crippen LogP contribution in [0.2, 0.25) is 0 Å². The van der Waals surface area contributed by atoms with E-state index >= 15 is 0 Å². The topological polar surface area (TPSA) is 94.8 Å². The van der Waals surface area contributed by atoms with E-state index in [1.54, 1.807) is 0 Å². The molecule has 5 nitrogen and oxygen atoms in total. The van der Waals surface area contributed by atoms with Gasteiger partial charge in [0.1, 0.15) is 0 Å². The summed E-state index contributed by atoms with van der Waals surface area (Å²) < 4.78 is 0. The minimum absolute atomic E-state index is 0. The molecule has 0 aromatic carbocycles. The average molecular weight is 204 g/mol. The second kappa shape index (κ2) is 7.79. The second-order valence-corrected chi connectivity index (χ2v) is 2.14. The van der Waals surface area contributed by atoms with Crippen molar-refractivity contribution in [3.8, 4) is 0 Å². The van der Waals surface area contributed by atoms with Crippen LogP contribution in [0.4, 0.5) is 0 Å². The molecule has 0 fully saturated rings. The third kappa shape index (κ3) is 8.26. The zero-order chi connectivity index (χ0) is 8.85. The molecule has 0 aromatic heterocycles. The molecule has 0 aromatic rings. The van der Waals surface area contributed by atoms with Crippen LogP contribution in [0, 0.1) is 0 Å². The van der Waals surface area contributed by atoms with E-state index in [1.807, 2.05) is 0 Å². The maximum atomic E-state index is 9.98. The van der Waals surface area contributed by atoms with Crippen LogP contribution in [-0.4, -0.2) is 71.1 Å². The monoisotopic (exact) mass is 204 g/mol. The molecule has 0 bridgehead atoms. The van der Waals surface area contributed by atoms with Gasteiger partial charge in [-0.1, -0.05) is 0 Å². The van der Waals surface area contributed by atoms with Crippen LogP contribution in [0.25, 0.3) is 0 Å². The molecule has 0 rings (SSSR count). The SMILES string of the molecule is O=C(O)CCCC(O)C(=O)O.[Ca+2].[H-].[H-]. The van der Waals surface area contributed by atoms with Gasteiger partial charge in [-0.05, 0) is 12.8 Å². The first-order valence-electron chi connectivity index (χ1n) is 3.16. The maximum absolute atomic E-state index is 9.98. The van der Waals surface area contributed by atoms with E-state index in [1.165, 1.54) is 0 Å². The van der Waals surface area contributed by atoms with Gasteiger partial charge in [0, 0.05) is 6.42 Å². The zero-order valence-electron chi connectivity index (χ0n) is 8.56. The first-order valence-corrected chi connectivity index (χ1v) is 3.16. The minimum atomic E-state index is -1.44. The number of aliphatic hydroxyl groups excluding tert-OH is 1. The molecular formula is C6H12CaO5. The van der Waals surface area contributed by atoms with Crippen LogP contribution >= 0.6 is 0 Å². The molecule has 0 saturated heterocycles. The average Bonchev–Trinajstić information content (AvgIpc) is 1.86. The summed E-state index contributed by atoms with van der Waals surface area (Å²) in [6, 6.07) is 0. The number of carboxylic acid groups (broad SMARTS) is 2. The molecule has 1 unspecified atom stereocenters. The number of hydrogen-bond acceptors (Lipinski definition) is 3. The van der Waals surface area contributed by atoms with Crippen molar-refractivity contribution in [3.05, 3.63) is 0 Å². The molecular weight excluding hydrogens is 192 g/mol. The minimum Gasteiger partial charge on any atom is -1.00 e. The van der Waals surface area contributed by atoms with E-state index in [0.29, 0.717) is 0 Å². The molecule has 0 heterocycles. The smallest absolute Gasteiger partial charge is 1.00 e. The number of hydrogen-bond donors (Lipinski definition) is 3.